The summed E-state index contributed by atoms with van der Waals surface area (Å²) in [7, 11) is 1.17. The molecule has 7 heteroatoms. The molecule has 1 atom stereocenters. The van der Waals surface area contributed by atoms with Crippen LogP contribution in [-0.2, 0) is 15.1 Å². The van der Waals surface area contributed by atoms with Crippen molar-refractivity contribution < 1.29 is 31.8 Å². The van der Waals surface area contributed by atoms with Crippen LogP contribution in [0.4, 0.5) is 17.6 Å². The first kappa shape index (κ1) is 13.8. The van der Waals surface area contributed by atoms with Crippen molar-refractivity contribution in [3.63, 3.8) is 0 Å². The molecule has 0 heterocycles. The van der Waals surface area contributed by atoms with Gasteiger partial charge in [0, 0.05) is 0 Å². The van der Waals surface area contributed by atoms with Gasteiger partial charge in [-0.15, -0.1) is 0 Å². The maximum absolute atomic E-state index is 13.3. The van der Waals surface area contributed by atoms with Gasteiger partial charge in [-0.1, -0.05) is 12.1 Å². The van der Waals surface area contributed by atoms with Gasteiger partial charge in [0.1, 0.15) is 0 Å². The monoisotopic (exact) mass is 278 g/mol. The molecule has 104 valence electrons. The van der Waals surface area contributed by atoms with Crippen LogP contribution >= 0.6 is 0 Å². The lowest BCUT2D eigenvalue weighted by molar-refractivity contribution is -0.203. The lowest BCUT2D eigenvalue weighted by Crippen LogP contribution is -2.23. The molecule has 1 aliphatic carbocycles. The number of halogens is 4. The van der Waals surface area contributed by atoms with Gasteiger partial charge in [-0.3, -0.25) is 0 Å². The van der Waals surface area contributed by atoms with E-state index in [9.17, 15) is 22.4 Å². The highest BCUT2D eigenvalue weighted by atomic mass is 19.3. The Kier molecular flexibility index (Phi) is 3.25. The van der Waals surface area contributed by atoms with Gasteiger partial charge in [0.05, 0.1) is 19.1 Å². The number of methoxy groups -OCH3 is 1. The predicted octanol–water partition coefficient (Wildman–Crippen LogP) is 2.95. The summed E-state index contributed by atoms with van der Waals surface area (Å²) < 4.78 is 59.5. The van der Waals surface area contributed by atoms with E-state index >= 15 is 0 Å². The molecule has 19 heavy (non-hydrogen) atoms. The zero-order chi connectivity index (χ0) is 14.3. The van der Waals surface area contributed by atoms with Crippen molar-refractivity contribution >= 4 is 5.97 Å². The number of alkyl halides is 4. The van der Waals surface area contributed by atoms with E-state index in [1.807, 2.05) is 0 Å². The molecule has 0 saturated heterocycles. The largest absolute Gasteiger partial charge is 0.465 e. The van der Waals surface area contributed by atoms with E-state index in [1.54, 1.807) is 0 Å². The fourth-order valence-electron chi connectivity index (χ4n) is 1.92. The second kappa shape index (κ2) is 4.48. The molecule has 1 aliphatic rings. The van der Waals surface area contributed by atoms with E-state index in [0.717, 1.165) is 12.1 Å². The summed E-state index contributed by atoms with van der Waals surface area (Å²) in [4.78, 5) is 11.2. The number of carbonyl (C=O) groups excluding carboxylic acids is 1. The molecule has 1 aromatic carbocycles. The van der Waals surface area contributed by atoms with Crippen LogP contribution in [-0.4, -0.2) is 25.6 Å². The fourth-order valence-corrected chi connectivity index (χ4v) is 1.92. The first-order chi connectivity index (χ1) is 8.82. The molecule has 1 unspecified atom stereocenters. The Morgan fingerprint density at radius 1 is 1.26 bits per heavy atom. The Labute approximate surface area is 106 Å². The Morgan fingerprint density at radius 2 is 1.79 bits per heavy atom. The molecule has 2 rings (SSSR count). The van der Waals surface area contributed by atoms with Gasteiger partial charge >= 0.3 is 12.6 Å². The van der Waals surface area contributed by atoms with Crippen molar-refractivity contribution in [1.29, 1.82) is 0 Å². The fraction of sp³-hybridized carbons (Fsp3) is 0.417. The zero-order valence-corrected chi connectivity index (χ0v) is 9.83. The van der Waals surface area contributed by atoms with Crippen LogP contribution in [0.2, 0.25) is 0 Å². The van der Waals surface area contributed by atoms with Crippen LogP contribution in [0.3, 0.4) is 0 Å². The van der Waals surface area contributed by atoms with Crippen LogP contribution in [0.5, 0.6) is 0 Å². The Morgan fingerprint density at radius 3 is 2.16 bits per heavy atom. The zero-order valence-electron chi connectivity index (χ0n) is 9.83. The third-order valence-electron chi connectivity index (χ3n) is 3.00. The topological polar surface area (TPSA) is 35.5 Å². The molecular formula is C12H10F4O3. The summed E-state index contributed by atoms with van der Waals surface area (Å²) in [6.45, 7) is -3.30. The first-order valence-corrected chi connectivity index (χ1v) is 5.35. The molecule has 0 bridgehead atoms. The maximum Gasteiger partial charge on any atom is 0.346 e. The standard InChI is InChI=1S/C12H10F4O3/c1-18-9(17)7-2-4-8(5-3-7)11(19-10(13)14)6-12(11,15)16/h2-5,10H,6H2,1H3. The van der Waals surface area contributed by atoms with Gasteiger partial charge in [0.25, 0.3) is 5.92 Å². The first-order valence-electron chi connectivity index (χ1n) is 5.35. The summed E-state index contributed by atoms with van der Waals surface area (Å²) in [5.74, 6) is -3.98. The van der Waals surface area contributed by atoms with Crippen molar-refractivity contribution in [2.75, 3.05) is 7.11 Å². The van der Waals surface area contributed by atoms with E-state index in [2.05, 4.69) is 9.47 Å². The molecule has 0 aromatic heterocycles. The number of hydrogen-bond donors (Lipinski definition) is 0. The summed E-state index contributed by atoms with van der Waals surface area (Å²) in [5, 5.41) is 0. The average Bonchev–Trinajstić information content (AvgIpc) is 2.90. The lowest BCUT2D eigenvalue weighted by Gasteiger charge is -2.17. The Bertz CT molecular complexity index is 486. The molecule has 1 fully saturated rings. The summed E-state index contributed by atoms with van der Waals surface area (Å²) in [6.07, 6.45) is -0.804. The number of benzene rings is 1. The number of rotatable bonds is 4. The number of hydrogen-bond acceptors (Lipinski definition) is 3. The highest BCUT2D eigenvalue weighted by Gasteiger charge is 2.74. The third kappa shape index (κ3) is 2.30. The third-order valence-corrected chi connectivity index (χ3v) is 3.00. The van der Waals surface area contributed by atoms with E-state index in [1.165, 1.54) is 19.2 Å². The second-order valence-corrected chi connectivity index (χ2v) is 4.16. The highest BCUT2D eigenvalue weighted by molar-refractivity contribution is 5.89. The van der Waals surface area contributed by atoms with Crippen molar-refractivity contribution in [3.05, 3.63) is 35.4 Å². The van der Waals surface area contributed by atoms with Crippen LogP contribution in [0.1, 0.15) is 22.3 Å². The van der Waals surface area contributed by atoms with Crippen molar-refractivity contribution in [1.82, 2.24) is 0 Å². The van der Waals surface area contributed by atoms with Crippen LogP contribution in [0.25, 0.3) is 0 Å². The Balaban J connectivity index is 2.28. The molecule has 3 nitrogen and oxygen atoms in total. The van der Waals surface area contributed by atoms with Crippen LogP contribution in [0.15, 0.2) is 24.3 Å². The minimum Gasteiger partial charge on any atom is -0.465 e. The molecular weight excluding hydrogens is 268 g/mol. The SMILES string of the molecule is COC(=O)c1ccc(C2(OC(F)F)CC2(F)F)cc1. The van der Waals surface area contributed by atoms with Gasteiger partial charge in [0.15, 0.2) is 5.60 Å². The van der Waals surface area contributed by atoms with Gasteiger partial charge in [-0.2, -0.15) is 8.78 Å². The van der Waals surface area contributed by atoms with Crippen molar-refractivity contribution in [2.45, 2.75) is 24.6 Å². The summed E-state index contributed by atoms with van der Waals surface area (Å²) in [5.41, 5.74) is -2.25. The van der Waals surface area contributed by atoms with E-state index in [0.29, 0.717) is 0 Å². The predicted molar refractivity (Wildman–Crippen MR) is 56.1 cm³/mol. The van der Waals surface area contributed by atoms with E-state index in [4.69, 9.17) is 0 Å². The van der Waals surface area contributed by atoms with E-state index in [-0.39, 0.29) is 11.1 Å². The molecule has 1 saturated carbocycles. The summed E-state index contributed by atoms with van der Waals surface area (Å²) >= 11 is 0. The molecule has 0 N–H and O–H groups in total. The lowest BCUT2D eigenvalue weighted by atomic mass is 10.0. The molecule has 0 amide bonds. The smallest absolute Gasteiger partial charge is 0.346 e. The summed E-state index contributed by atoms with van der Waals surface area (Å²) in [6, 6.07) is 4.78. The van der Waals surface area contributed by atoms with Crippen LogP contribution < -0.4 is 0 Å². The Hall–Kier alpha value is -1.63. The van der Waals surface area contributed by atoms with Gasteiger partial charge < -0.3 is 9.47 Å². The maximum atomic E-state index is 13.3. The van der Waals surface area contributed by atoms with Crippen LogP contribution in [0, 0.1) is 0 Å². The normalized spacial score (nSPS) is 24.3. The minimum atomic E-state index is -3.34. The minimum absolute atomic E-state index is 0.0922. The van der Waals surface area contributed by atoms with Gasteiger partial charge in [0.2, 0.25) is 0 Å². The van der Waals surface area contributed by atoms with Crippen molar-refractivity contribution in [2.24, 2.45) is 0 Å². The average molecular weight is 278 g/mol. The number of carbonyl (C=O) groups is 1. The van der Waals surface area contributed by atoms with E-state index < -0.39 is 30.5 Å². The molecule has 0 radical (unpaired) electrons. The van der Waals surface area contributed by atoms with Gasteiger partial charge in [-0.25, -0.2) is 13.6 Å². The second-order valence-electron chi connectivity index (χ2n) is 4.16. The quantitative estimate of drug-likeness (QED) is 0.627. The van der Waals surface area contributed by atoms with Crippen molar-refractivity contribution in [3.8, 4) is 0 Å². The van der Waals surface area contributed by atoms with Gasteiger partial charge in [-0.05, 0) is 17.7 Å². The molecule has 0 spiro atoms. The molecule has 0 aliphatic heterocycles. The molecule has 1 aromatic rings. The highest BCUT2D eigenvalue weighted by Crippen LogP contribution is 2.62. The number of ether oxygens (including phenoxy) is 2. The number of esters is 1.